The van der Waals surface area contributed by atoms with Gasteiger partial charge in [0.15, 0.2) is 5.25 Å². The second kappa shape index (κ2) is 29.3. The van der Waals surface area contributed by atoms with Crippen LogP contribution in [-0.4, -0.2) is 72.9 Å². The van der Waals surface area contributed by atoms with Crippen molar-refractivity contribution < 1.29 is 32.0 Å². The summed E-state index contributed by atoms with van der Waals surface area (Å²) < 4.78 is 42.9. The maximum absolute atomic E-state index is 12.2. The molecule has 0 aromatic heterocycles. The molecule has 0 radical (unpaired) electrons. The van der Waals surface area contributed by atoms with Crippen molar-refractivity contribution in [2.24, 2.45) is 0 Å². The zero-order chi connectivity index (χ0) is 28.3. The van der Waals surface area contributed by atoms with E-state index in [1.165, 1.54) is 89.9 Å². The SMILES string of the molecule is CCCCCCCCCCCCCOC(=O)CC(C(=O)OCCCCCCCCCCCCC)S(=O)(=O)O.[NaH]. The molecule has 0 amide bonds. The van der Waals surface area contributed by atoms with Crippen molar-refractivity contribution in [1.82, 2.24) is 0 Å². The normalized spacial score (nSPS) is 12.1. The Morgan fingerprint density at radius 2 is 0.872 bits per heavy atom. The van der Waals surface area contributed by atoms with Crippen LogP contribution in [0.1, 0.15) is 162 Å². The molecule has 0 aliphatic rings. The van der Waals surface area contributed by atoms with Crippen LogP contribution in [0.4, 0.5) is 0 Å². The molecule has 0 bridgehead atoms. The van der Waals surface area contributed by atoms with Gasteiger partial charge in [-0.1, -0.05) is 142 Å². The van der Waals surface area contributed by atoms with E-state index in [0.29, 0.717) is 12.8 Å². The second-order valence-corrected chi connectivity index (χ2v) is 12.3. The van der Waals surface area contributed by atoms with Crippen LogP contribution >= 0.6 is 0 Å². The first-order chi connectivity index (χ1) is 18.3. The third-order valence-corrected chi connectivity index (χ3v) is 8.06. The monoisotopic (exact) mass is 586 g/mol. The number of unbranched alkanes of at least 4 members (excludes halogenated alkanes) is 20. The Kier molecular flexibility index (Phi) is 30.8. The molecular weight excluding hydrogens is 527 g/mol. The van der Waals surface area contributed by atoms with Gasteiger partial charge >= 0.3 is 41.5 Å². The molecule has 1 atom stereocenters. The molecular formula is C30H59NaO7S. The Hall–Kier alpha value is -0.150. The number of ether oxygens (including phenoxy) is 2. The number of esters is 2. The van der Waals surface area contributed by atoms with Crippen LogP contribution in [0.3, 0.4) is 0 Å². The molecule has 0 rings (SSSR count). The number of hydrogen-bond donors (Lipinski definition) is 1. The summed E-state index contributed by atoms with van der Waals surface area (Å²) in [5.41, 5.74) is 0. The fraction of sp³-hybridized carbons (Fsp3) is 0.933. The third-order valence-electron chi connectivity index (χ3n) is 6.98. The van der Waals surface area contributed by atoms with Gasteiger partial charge in [0.2, 0.25) is 0 Å². The van der Waals surface area contributed by atoms with E-state index >= 15 is 0 Å². The summed E-state index contributed by atoms with van der Waals surface area (Å²) in [7, 11) is -4.76. The Bertz CT molecular complexity index is 670. The van der Waals surface area contributed by atoms with Crippen LogP contribution in [0.25, 0.3) is 0 Å². The molecule has 0 aromatic rings. The van der Waals surface area contributed by atoms with Crippen molar-refractivity contribution >= 4 is 51.6 Å². The molecule has 9 heteroatoms. The Balaban J connectivity index is 0. The van der Waals surface area contributed by atoms with Crippen molar-refractivity contribution in [3.8, 4) is 0 Å². The van der Waals surface area contributed by atoms with Gasteiger partial charge in [0.1, 0.15) is 0 Å². The summed E-state index contributed by atoms with van der Waals surface area (Å²) in [4.78, 5) is 24.3. The van der Waals surface area contributed by atoms with E-state index in [0.717, 1.165) is 38.5 Å². The summed E-state index contributed by atoms with van der Waals surface area (Å²) in [6.45, 7) is 4.70. The second-order valence-electron chi connectivity index (χ2n) is 10.7. The Morgan fingerprint density at radius 3 is 1.21 bits per heavy atom. The van der Waals surface area contributed by atoms with Gasteiger partial charge < -0.3 is 9.47 Å². The van der Waals surface area contributed by atoms with Crippen LogP contribution in [0.2, 0.25) is 0 Å². The summed E-state index contributed by atoms with van der Waals surface area (Å²) in [5, 5.41) is -1.93. The van der Waals surface area contributed by atoms with Gasteiger partial charge in [-0.2, -0.15) is 8.42 Å². The quantitative estimate of drug-likeness (QED) is 0.0433. The molecule has 0 aliphatic carbocycles. The minimum absolute atomic E-state index is 0. The summed E-state index contributed by atoms with van der Waals surface area (Å²) in [6, 6.07) is 0. The van der Waals surface area contributed by atoms with Gasteiger partial charge in [-0.05, 0) is 12.8 Å². The molecule has 0 fully saturated rings. The van der Waals surface area contributed by atoms with E-state index in [1.807, 2.05) is 0 Å². The van der Waals surface area contributed by atoms with Crippen molar-refractivity contribution in [3.05, 3.63) is 0 Å². The van der Waals surface area contributed by atoms with E-state index in [2.05, 4.69) is 13.8 Å². The van der Waals surface area contributed by atoms with E-state index < -0.39 is 33.7 Å². The molecule has 39 heavy (non-hydrogen) atoms. The van der Waals surface area contributed by atoms with Crippen LogP contribution in [0.5, 0.6) is 0 Å². The fourth-order valence-electron chi connectivity index (χ4n) is 4.50. The molecule has 0 saturated heterocycles. The van der Waals surface area contributed by atoms with Gasteiger partial charge in [0, 0.05) is 0 Å². The predicted molar refractivity (Wildman–Crippen MR) is 162 cm³/mol. The number of carbonyl (C=O) groups is 2. The standard InChI is InChI=1S/C30H58O7S.Na.H/c1-3-5-7-9-11-13-15-17-19-21-23-25-36-29(31)27-28(38(33,34)35)30(32)37-26-24-22-20-18-16-14-12-10-8-6-4-2;;/h28H,3-27H2,1-2H3,(H,33,34,35);;. The molecule has 1 N–H and O–H groups in total. The molecule has 7 nitrogen and oxygen atoms in total. The average Bonchev–Trinajstić information content (AvgIpc) is 2.87. The predicted octanol–water partition coefficient (Wildman–Crippen LogP) is 7.69. The fourth-order valence-corrected chi connectivity index (χ4v) is 5.16. The first kappa shape index (κ1) is 41.0. The summed E-state index contributed by atoms with van der Waals surface area (Å²) in [6.07, 6.45) is 24.8. The third kappa shape index (κ3) is 27.8. The van der Waals surface area contributed by atoms with E-state index in [1.54, 1.807) is 0 Å². The van der Waals surface area contributed by atoms with Crippen LogP contribution in [0, 0.1) is 0 Å². The van der Waals surface area contributed by atoms with Crippen molar-refractivity contribution in [1.29, 1.82) is 0 Å². The van der Waals surface area contributed by atoms with Crippen LogP contribution in [-0.2, 0) is 29.2 Å². The molecule has 0 heterocycles. The van der Waals surface area contributed by atoms with Gasteiger partial charge in [-0.3, -0.25) is 14.1 Å². The van der Waals surface area contributed by atoms with Gasteiger partial charge in [-0.25, -0.2) is 0 Å². The number of rotatable bonds is 28. The van der Waals surface area contributed by atoms with Gasteiger partial charge in [-0.15, -0.1) is 0 Å². The van der Waals surface area contributed by atoms with Gasteiger partial charge in [0.25, 0.3) is 10.1 Å². The van der Waals surface area contributed by atoms with E-state index in [9.17, 15) is 22.6 Å². The zero-order valence-electron chi connectivity index (χ0n) is 24.6. The Morgan fingerprint density at radius 1 is 0.564 bits per heavy atom. The molecule has 0 aromatic carbocycles. The molecule has 228 valence electrons. The van der Waals surface area contributed by atoms with Crippen molar-refractivity contribution in [2.45, 2.75) is 167 Å². The maximum atomic E-state index is 12.2. The van der Waals surface area contributed by atoms with E-state index in [-0.39, 0.29) is 42.8 Å². The first-order valence-electron chi connectivity index (χ1n) is 15.6. The molecule has 0 aliphatic heterocycles. The summed E-state index contributed by atoms with van der Waals surface area (Å²) >= 11 is 0. The zero-order valence-corrected chi connectivity index (χ0v) is 25.4. The Labute approximate surface area is 262 Å². The summed E-state index contributed by atoms with van der Waals surface area (Å²) in [5.74, 6) is -1.91. The molecule has 0 spiro atoms. The van der Waals surface area contributed by atoms with Crippen molar-refractivity contribution in [3.63, 3.8) is 0 Å². The number of hydrogen-bond acceptors (Lipinski definition) is 6. The molecule has 0 saturated carbocycles. The van der Waals surface area contributed by atoms with Crippen LogP contribution < -0.4 is 0 Å². The minimum atomic E-state index is -4.76. The molecule has 1 unspecified atom stereocenters. The van der Waals surface area contributed by atoms with Crippen LogP contribution in [0.15, 0.2) is 0 Å². The average molecular weight is 587 g/mol. The van der Waals surface area contributed by atoms with Gasteiger partial charge in [0.05, 0.1) is 19.6 Å². The van der Waals surface area contributed by atoms with Crippen molar-refractivity contribution in [2.75, 3.05) is 13.2 Å². The first-order valence-corrected chi connectivity index (χ1v) is 17.1. The topological polar surface area (TPSA) is 107 Å². The van der Waals surface area contributed by atoms with E-state index in [4.69, 9.17) is 9.47 Å². The number of carbonyl (C=O) groups excluding carboxylic acids is 2.